The zero-order chi connectivity index (χ0) is 10.8. The number of nitrogens with zero attached hydrogens (tertiary/aromatic N) is 3. The maximum Gasteiger partial charge on any atom is 0.0277 e. The molecule has 1 saturated heterocycles. The van der Waals surface area contributed by atoms with Crippen LogP contribution < -0.4 is 0 Å². The van der Waals surface area contributed by atoms with E-state index in [1.165, 1.54) is 19.6 Å². The molecule has 3 nitrogen and oxygen atoms in total. The SMILES string of the molecule is CN1CCN(C)CC(C)(C)N(C)CC1. The fourth-order valence-electron chi connectivity index (χ4n) is 1.94. The zero-order valence-corrected chi connectivity index (χ0v) is 10.4. The van der Waals surface area contributed by atoms with Gasteiger partial charge in [0.15, 0.2) is 0 Å². The summed E-state index contributed by atoms with van der Waals surface area (Å²) in [5, 5.41) is 0. The van der Waals surface area contributed by atoms with E-state index in [0.717, 1.165) is 13.1 Å². The van der Waals surface area contributed by atoms with Crippen molar-refractivity contribution in [2.24, 2.45) is 0 Å². The molecule has 1 aliphatic heterocycles. The molecule has 0 unspecified atom stereocenters. The van der Waals surface area contributed by atoms with Gasteiger partial charge in [0.2, 0.25) is 0 Å². The van der Waals surface area contributed by atoms with Crippen LogP contribution in [0, 0.1) is 0 Å². The summed E-state index contributed by atoms with van der Waals surface area (Å²) in [4.78, 5) is 7.30. The van der Waals surface area contributed by atoms with Crippen LogP contribution in [-0.2, 0) is 0 Å². The number of hydrogen-bond donors (Lipinski definition) is 0. The average Bonchev–Trinajstić information content (AvgIpc) is 2.11. The quantitative estimate of drug-likeness (QED) is 0.565. The van der Waals surface area contributed by atoms with Gasteiger partial charge < -0.3 is 9.80 Å². The monoisotopic (exact) mass is 199 g/mol. The molecule has 0 saturated carbocycles. The third-order valence-corrected chi connectivity index (χ3v) is 3.37. The molecule has 0 radical (unpaired) electrons. The van der Waals surface area contributed by atoms with E-state index in [9.17, 15) is 0 Å². The van der Waals surface area contributed by atoms with Crippen molar-refractivity contribution >= 4 is 0 Å². The van der Waals surface area contributed by atoms with E-state index in [1.807, 2.05) is 0 Å². The molecule has 0 aliphatic carbocycles. The standard InChI is InChI=1S/C11H25N3/c1-11(2)10-13(4)7-6-12(3)8-9-14(11)5/h6-10H2,1-5H3. The van der Waals surface area contributed by atoms with Crippen LogP contribution in [0.3, 0.4) is 0 Å². The summed E-state index contributed by atoms with van der Waals surface area (Å²) in [5.41, 5.74) is 0.292. The molecule has 0 atom stereocenters. The second-order valence-corrected chi connectivity index (χ2v) is 5.28. The Balaban J connectivity index is 2.64. The van der Waals surface area contributed by atoms with E-state index in [-0.39, 0.29) is 0 Å². The molecule has 0 bridgehead atoms. The molecule has 14 heavy (non-hydrogen) atoms. The molecule has 0 aromatic heterocycles. The van der Waals surface area contributed by atoms with Crippen LogP contribution in [0.4, 0.5) is 0 Å². The van der Waals surface area contributed by atoms with Crippen LogP contribution in [0.15, 0.2) is 0 Å². The Hall–Kier alpha value is -0.120. The average molecular weight is 199 g/mol. The lowest BCUT2D eigenvalue weighted by Crippen LogP contribution is -2.49. The van der Waals surface area contributed by atoms with E-state index in [2.05, 4.69) is 49.7 Å². The summed E-state index contributed by atoms with van der Waals surface area (Å²) in [5.74, 6) is 0. The van der Waals surface area contributed by atoms with Gasteiger partial charge in [-0.25, -0.2) is 0 Å². The minimum absolute atomic E-state index is 0.292. The Morgan fingerprint density at radius 2 is 1.29 bits per heavy atom. The molecule has 1 fully saturated rings. The predicted molar refractivity (Wildman–Crippen MR) is 61.7 cm³/mol. The molecular weight excluding hydrogens is 174 g/mol. The van der Waals surface area contributed by atoms with Gasteiger partial charge in [-0.2, -0.15) is 0 Å². The fraction of sp³-hybridized carbons (Fsp3) is 1.00. The molecule has 1 rings (SSSR count). The van der Waals surface area contributed by atoms with Crippen molar-refractivity contribution in [3.8, 4) is 0 Å². The Kier molecular flexibility index (Phi) is 3.93. The molecule has 84 valence electrons. The Bertz CT molecular complexity index is 179. The van der Waals surface area contributed by atoms with Gasteiger partial charge in [0.25, 0.3) is 0 Å². The largest absolute Gasteiger partial charge is 0.304 e. The molecule has 0 aromatic carbocycles. The van der Waals surface area contributed by atoms with E-state index >= 15 is 0 Å². The third-order valence-electron chi connectivity index (χ3n) is 3.37. The maximum atomic E-state index is 2.46. The van der Waals surface area contributed by atoms with Crippen LogP contribution in [0.25, 0.3) is 0 Å². The molecule has 1 aliphatic rings. The number of hydrogen-bond acceptors (Lipinski definition) is 3. The highest BCUT2D eigenvalue weighted by Crippen LogP contribution is 2.14. The van der Waals surface area contributed by atoms with Crippen molar-refractivity contribution in [3.63, 3.8) is 0 Å². The van der Waals surface area contributed by atoms with Gasteiger partial charge >= 0.3 is 0 Å². The predicted octanol–water partition coefficient (Wildman–Crippen LogP) is 0.574. The molecule has 3 heteroatoms. The van der Waals surface area contributed by atoms with Crippen molar-refractivity contribution in [1.82, 2.24) is 14.7 Å². The molecule has 0 spiro atoms. The lowest BCUT2D eigenvalue weighted by Gasteiger charge is -2.37. The first kappa shape index (κ1) is 12.0. The van der Waals surface area contributed by atoms with E-state index in [4.69, 9.17) is 0 Å². The summed E-state index contributed by atoms with van der Waals surface area (Å²) in [6.07, 6.45) is 0. The second-order valence-electron chi connectivity index (χ2n) is 5.28. The molecule has 0 aromatic rings. The summed E-state index contributed by atoms with van der Waals surface area (Å²) >= 11 is 0. The summed E-state index contributed by atoms with van der Waals surface area (Å²) < 4.78 is 0. The topological polar surface area (TPSA) is 9.72 Å². The minimum atomic E-state index is 0.292. The van der Waals surface area contributed by atoms with Crippen molar-refractivity contribution in [3.05, 3.63) is 0 Å². The third kappa shape index (κ3) is 3.23. The second kappa shape index (κ2) is 4.60. The van der Waals surface area contributed by atoms with Gasteiger partial charge in [-0.05, 0) is 35.0 Å². The first-order chi connectivity index (χ1) is 6.42. The van der Waals surface area contributed by atoms with Gasteiger partial charge in [0.05, 0.1) is 0 Å². The highest BCUT2D eigenvalue weighted by molar-refractivity contribution is 4.84. The first-order valence-electron chi connectivity index (χ1n) is 5.50. The van der Waals surface area contributed by atoms with Crippen LogP contribution in [0.2, 0.25) is 0 Å². The lowest BCUT2D eigenvalue weighted by atomic mass is 10.0. The lowest BCUT2D eigenvalue weighted by molar-refractivity contribution is 0.118. The van der Waals surface area contributed by atoms with Gasteiger partial charge in [0.1, 0.15) is 0 Å². The number of rotatable bonds is 0. The first-order valence-corrected chi connectivity index (χ1v) is 5.50. The van der Waals surface area contributed by atoms with E-state index in [0.29, 0.717) is 5.54 Å². The zero-order valence-electron chi connectivity index (χ0n) is 10.4. The van der Waals surface area contributed by atoms with Crippen LogP contribution in [-0.4, -0.2) is 74.1 Å². The maximum absolute atomic E-state index is 2.46. The van der Waals surface area contributed by atoms with Gasteiger partial charge in [-0.3, -0.25) is 4.90 Å². The fourth-order valence-corrected chi connectivity index (χ4v) is 1.94. The molecule has 0 amide bonds. The molecular formula is C11H25N3. The van der Waals surface area contributed by atoms with Crippen molar-refractivity contribution < 1.29 is 0 Å². The molecule has 1 heterocycles. The summed E-state index contributed by atoms with van der Waals surface area (Å²) in [7, 11) is 6.65. The van der Waals surface area contributed by atoms with E-state index < -0.39 is 0 Å². The highest BCUT2D eigenvalue weighted by atomic mass is 15.3. The highest BCUT2D eigenvalue weighted by Gasteiger charge is 2.26. The summed E-state index contributed by atoms with van der Waals surface area (Å²) in [6, 6.07) is 0. The van der Waals surface area contributed by atoms with Gasteiger partial charge in [-0.1, -0.05) is 0 Å². The van der Waals surface area contributed by atoms with Crippen LogP contribution in [0.1, 0.15) is 13.8 Å². The minimum Gasteiger partial charge on any atom is -0.304 e. The van der Waals surface area contributed by atoms with Crippen molar-refractivity contribution in [2.75, 3.05) is 53.9 Å². The normalized spacial score (nSPS) is 28.1. The smallest absolute Gasteiger partial charge is 0.0277 e. The van der Waals surface area contributed by atoms with Gasteiger partial charge in [0, 0.05) is 38.3 Å². The van der Waals surface area contributed by atoms with Crippen molar-refractivity contribution in [2.45, 2.75) is 19.4 Å². The van der Waals surface area contributed by atoms with Gasteiger partial charge in [-0.15, -0.1) is 0 Å². The summed E-state index contributed by atoms with van der Waals surface area (Å²) in [6.45, 7) is 10.5. The number of likely N-dealkylation sites (N-methyl/N-ethyl adjacent to an activating group) is 3. The van der Waals surface area contributed by atoms with E-state index in [1.54, 1.807) is 0 Å². The Labute approximate surface area is 88.7 Å². The van der Waals surface area contributed by atoms with Crippen LogP contribution in [0.5, 0.6) is 0 Å². The Morgan fingerprint density at radius 3 is 1.93 bits per heavy atom. The van der Waals surface area contributed by atoms with Crippen molar-refractivity contribution in [1.29, 1.82) is 0 Å². The molecule has 0 N–H and O–H groups in total. The van der Waals surface area contributed by atoms with Crippen LogP contribution >= 0.6 is 0 Å². The Morgan fingerprint density at radius 1 is 0.786 bits per heavy atom.